The van der Waals surface area contributed by atoms with E-state index in [4.69, 9.17) is 11.6 Å². The van der Waals surface area contributed by atoms with Gasteiger partial charge in [0.1, 0.15) is 0 Å². The summed E-state index contributed by atoms with van der Waals surface area (Å²) < 4.78 is 25.1. The lowest BCUT2D eigenvalue weighted by Gasteiger charge is -2.12. The van der Waals surface area contributed by atoms with E-state index in [9.17, 15) is 13.2 Å². The van der Waals surface area contributed by atoms with Crippen LogP contribution >= 0.6 is 11.6 Å². The summed E-state index contributed by atoms with van der Waals surface area (Å²) >= 11 is 5.54. The first-order valence-corrected chi connectivity index (χ1v) is 8.24. The molecule has 1 amide bonds. The van der Waals surface area contributed by atoms with Crippen molar-refractivity contribution in [3.63, 3.8) is 0 Å². The van der Waals surface area contributed by atoms with Crippen LogP contribution in [0.5, 0.6) is 0 Å². The molecule has 0 aliphatic rings. The summed E-state index contributed by atoms with van der Waals surface area (Å²) in [6.07, 6.45) is 1.87. The largest absolute Gasteiger partial charge is 0.326 e. The maximum atomic E-state index is 12.0. The fourth-order valence-corrected chi connectivity index (χ4v) is 2.69. The van der Waals surface area contributed by atoms with Gasteiger partial charge in [0, 0.05) is 32.1 Å². The van der Waals surface area contributed by atoms with E-state index in [0.29, 0.717) is 24.4 Å². The monoisotopic (exact) mass is 318 g/mol. The van der Waals surface area contributed by atoms with Gasteiger partial charge in [-0.3, -0.25) is 4.79 Å². The molecule has 1 aromatic rings. The Labute approximate surface area is 125 Å². The molecule has 0 aliphatic heterocycles. The third-order valence-electron chi connectivity index (χ3n) is 2.68. The Hall–Kier alpha value is -1.11. The average Bonchev–Trinajstić information content (AvgIpc) is 2.39. The maximum absolute atomic E-state index is 12.0. The molecular weight excluding hydrogens is 300 g/mol. The van der Waals surface area contributed by atoms with Crippen molar-refractivity contribution in [2.75, 3.05) is 25.3 Å². The van der Waals surface area contributed by atoms with Crippen LogP contribution in [0.1, 0.15) is 19.3 Å². The van der Waals surface area contributed by atoms with Gasteiger partial charge in [-0.05, 0) is 31.0 Å². The summed E-state index contributed by atoms with van der Waals surface area (Å²) in [4.78, 5) is 11.8. The van der Waals surface area contributed by atoms with E-state index in [1.165, 1.54) is 26.2 Å². The molecule has 0 aliphatic carbocycles. The SMILES string of the molecule is CN(C)S(=O)(=O)c1cccc(NC(=O)CCCCCl)c1. The quantitative estimate of drug-likeness (QED) is 0.619. The Morgan fingerprint density at radius 3 is 2.60 bits per heavy atom. The number of sulfonamides is 1. The smallest absolute Gasteiger partial charge is 0.242 e. The molecule has 0 unspecified atom stereocenters. The second kappa shape index (κ2) is 7.61. The van der Waals surface area contributed by atoms with Crippen LogP contribution in [-0.2, 0) is 14.8 Å². The molecule has 0 spiro atoms. The predicted octanol–water partition coefficient (Wildman–Crippen LogP) is 2.28. The molecule has 0 aromatic heterocycles. The molecule has 7 heteroatoms. The van der Waals surface area contributed by atoms with Crippen molar-refractivity contribution in [1.29, 1.82) is 0 Å². The van der Waals surface area contributed by atoms with E-state index >= 15 is 0 Å². The van der Waals surface area contributed by atoms with Gasteiger partial charge in [-0.1, -0.05) is 6.07 Å². The van der Waals surface area contributed by atoms with Gasteiger partial charge in [-0.25, -0.2) is 12.7 Å². The Balaban J connectivity index is 2.77. The molecule has 0 fully saturated rings. The highest BCUT2D eigenvalue weighted by Gasteiger charge is 2.17. The molecule has 0 atom stereocenters. The minimum atomic E-state index is -3.49. The highest BCUT2D eigenvalue weighted by atomic mass is 35.5. The van der Waals surface area contributed by atoms with Gasteiger partial charge in [-0.2, -0.15) is 0 Å². The summed E-state index contributed by atoms with van der Waals surface area (Å²) in [5.41, 5.74) is 0.476. The van der Waals surface area contributed by atoms with Crippen molar-refractivity contribution in [2.24, 2.45) is 0 Å². The van der Waals surface area contributed by atoms with Crippen LogP contribution in [0.3, 0.4) is 0 Å². The third kappa shape index (κ3) is 4.77. The number of benzene rings is 1. The fourth-order valence-electron chi connectivity index (χ4n) is 1.55. The minimum absolute atomic E-state index is 0.144. The second-order valence-electron chi connectivity index (χ2n) is 4.51. The molecular formula is C13H19ClN2O3S. The number of carbonyl (C=O) groups is 1. The van der Waals surface area contributed by atoms with Crippen molar-refractivity contribution in [1.82, 2.24) is 4.31 Å². The topological polar surface area (TPSA) is 66.5 Å². The molecule has 0 saturated carbocycles. The van der Waals surface area contributed by atoms with Crippen LogP contribution in [0.2, 0.25) is 0 Å². The number of amides is 1. The number of rotatable bonds is 7. The number of nitrogens with zero attached hydrogens (tertiary/aromatic N) is 1. The summed E-state index contributed by atoms with van der Waals surface area (Å²) in [5, 5.41) is 2.69. The lowest BCUT2D eigenvalue weighted by atomic mass is 10.2. The maximum Gasteiger partial charge on any atom is 0.242 e. The number of anilines is 1. The Morgan fingerprint density at radius 1 is 1.30 bits per heavy atom. The third-order valence-corrected chi connectivity index (χ3v) is 4.76. The molecule has 1 rings (SSSR count). The number of carbonyl (C=O) groups excluding carboxylic acids is 1. The van der Waals surface area contributed by atoms with Crippen LogP contribution < -0.4 is 5.32 Å². The van der Waals surface area contributed by atoms with E-state index in [2.05, 4.69) is 5.32 Å². The summed E-state index contributed by atoms with van der Waals surface area (Å²) in [7, 11) is -0.561. The van der Waals surface area contributed by atoms with E-state index in [1.807, 2.05) is 0 Å². The lowest BCUT2D eigenvalue weighted by Crippen LogP contribution is -2.22. The average molecular weight is 319 g/mol. The van der Waals surface area contributed by atoms with Gasteiger partial charge >= 0.3 is 0 Å². The molecule has 0 radical (unpaired) electrons. The van der Waals surface area contributed by atoms with Crippen molar-refractivity contribution in [3.8, 4) is 0 Å². The van der Waals surface area contributed by atoms with Crippen LogP contribution in [0.4, 0.5) is 5.69 Å². The second-order valence-corrected chi connectivity index (χ2v) is 7.04. The van der Waals surface area contributed by atoms with Gasteiger partial charge in [0.15, 0.2) is 0 Å². The number of hydrogen-bond acceptors (Lipinski definition) is 3. The van der Waals surface area contributed by atoms with Gasteiger partial charge in [0.2, 0.25) is 15.9 Å². The number of nitrogens with one attached hydrogen (secondary N) is 1. The lowest BCUT2D eigenvalue weighted by molar-refractivity contribution is -0.116. The van der Waals surface area contributed by atoms with Crippen LogP contribution in [0.25, 0.3) is 0 Å². The van der Waals surface area contributed by atoms with Crippen LogP contribution in [0, 0.1) is 0 Å². The zero-order chi connectivity index (χ0) is 15.2. The van der Waals surface area contributed by atoms with Gasteiger partial charge in [0.25, 0.3) is 0 Å². The van der Waals surface area contributed by atoms with Crippen LogP contribution in [-0.4, -0.2) is 38.6 Å². The van der Waals surface area contributed by atoms with Crippen molar-refractivity contribution >= 4 is 33.2 Å². The van der Waals surface area contributed by atoms with Crippen molar-refractivity contribution in [2.45, 2.75) is 24.2 Å². The highest BCUT2D eigenvalue weighted by Crippen LogP contribution is 2.18. The van der Waals surface area contributed by atoms with E-state index in [0.717, 1.165) is 10.7 Å². The Kier molecular flexibility index (Phi) is 6.45. The molecule has 112 valence electrons. The van der Waals surface area contributed by atoms with Crippen molar-refractivity contribution < 1.29 is 13.2 Å². The van der Waals surface area contributed by atoms with E-state index in [-0.39, 0.29) is 10.8 Å². The molecule has 1 aromatic carbocycles. The fraction of sp³-hybridized carbons (Fsp3) is 0.462. The predicted molar refractivity (Wildman–Crippen MR) is 80.5 cm³/mol. The zero-order valence-electron chi connectivity index (χ0n) is 11.6. The summed E-state index contributed by atoms with van der Waals surface area (Å²) in [6, 6.07) is 6.21. The normalized spacial score (nSPS) is 11.6. The van der Waals surface area contributed by atoms with Gasteiger partial charge in [-0.15, -0.1) is 11.6 Å². The number of unbranched alkanes of at least 4 members (excludes halogenated alkanes) is 1. The summed E-state index contributed by atoms with van der Waals surface area (Å²) in [5.74, 6) is 0.388. The zero-order valence-corrected chi connectivity index (χ0v) is 13.2. The van der Waals surface area contributed by atoms with E-state index < -0.39 is 10.0 Å². The molecule has 20 heavy (non-hydrogen) atoms. The number of alkyl halides is 1. The van der Waals surface area contributed by atoms with Crippen molar-refractivity contribution in [3.05, 3.63) is 24.3 Å². The van der Waals surface area contributed by atoms with Crippen LogP contribution in [0.15, 0.2) is 29.2 Å². The molecule has 0 bridgehead atoms. The standard InChI is InChI=1S/C13H19ClN2O3S/c1-16(2)20(18,19)12-7-5-6-11(10-12)15-13(17)8-3-4-9-14/h5-7,10H,3-4,8-9H2,1-2H3,(H,15,17). The number of halogens is 1. The van der Waals surface area contributed by atoms with E-state index in [1.54, 1.807) is 12.1 Å². The minimum Gasteiger partial charge on any atom is -0.326 e. The first kappa shape index (κ1) is 16.9. The summed E-state index contributed by atoms with van der Waals surface area (Å²) in [6.45, 7) is 0. The Morgan fingerprint density at radius 2 is 2.00 bits per heavy atom. The van der Waals surface area contributed by atoms with Gasteiger partial charge in [0.05, 0.1) is 4.90 Å². The van der Waals surface area contributed by atoms with Gasteiger partial charge < -0.3 is 5.32 Å². The first-order chi connectivity index (χ1) is 9.37. The molecule has 0 saturated heterocycles. The molecule has 5 nitrogen and oxygen atoms in total. The molecule has 0 heterocycles. The Bertz CT molecular complexity index is 558. The molecule has 1 N–H and O–H groups in total. The highest BCUT2D eigenvalue weighted by molar-refractivity contribution is 7.89. The number of hydrogen-bond donors (Lipinski definition) is 1. The first-order valence-electron chi connectivity index (χ1n) is 6.26.